The molecule has 0 amide bonds. The Kier molecular flexibility index (Phi) is 3.82. The first-order valence-electron chi connectivity index (χ1n) is 6.29. The smallest absolute Gasteiger partial charge is 0.00179 e. The Balaban J connectivity index is 1.82. The van der Waals surface area contributed by atoms with Gasteiger partial charge in [0, 0.05) is 0 Å². The summed E-state index contributed by atoms with van der Waals surface area (Å²) in [7, 11) is 0. The lowest BCUT2D eigenvalue weighted by Gasteiger charge is -2.36. The first kappa shape index (κ1) is 10.4. The maximum absolute atomic E-state index is 3.54. The zero-order chi connectivity index (χ0) is 9.80. The van der Waals surface area contributed by atoms with Crippen LogP contribution in [0.2, 0.25) is 0 Å². The van der Waals surface area contributed by atoms with E-state index in [1.807, 2.05) is 0 Å². The van der Waals surface area contributed by atoms with E-state index >= 15 is 0 Å². The van der Waals surface area contributed by atoms with Gasteiger partial charge in [-0.15, -0.1) is 0 Å². The first-order chi connectivity index (χ1) is 6.88. The second-order valence-corrected chi connectivity index (χ2v) is 5.05. The molecule has 0 aliphatic carbocycles. The molecule has 0 saturated carbocycles. The molecular weight excluding hydrogens is 172 g/mol. The fourth-order valence-electron chi connectivity index (χ4n) is 3.08. The molecule has 0 aromatic rings. The molecule has 0 radical (unpaired) electrons. The lowest BCUT2D eigenvalue weighted by atomic mass is 9.75. The first-order valence-corrected chi connectivity index (χ1v) is 6.29. The van der Waals surface area contributed by atoms with Crippen molar-refractivity contribution in [3.05, 3.63) is 0 Å². The van der Waals surface area contributed by atoms with Gasteiger partial charge in [-0.2, -0.15) is 0 Å². The molecule has 2 aliphatic rings. The molecule has 2 heteroatoms. The highest BCUT2D eigenvalue weighted by atomic mass is 14.9. The van der Waals surface area contributed by atoms with Gasteiger partial charge in [-0.05, 0) is 69.6 Å². The monoisotopic (exact) mass is 196 g/mol. The average Bonchev–Trinajstić information content (AvgIpc) is 2.30. The molecule has 2 fully saturated rings. The van der Waals surface area contributed by atoms with Gasteiger partial charge in [0.05, 0.1) is 0 Å². The lowest BCUT2D eigenvalue weighted by molar-refractivity contribution is 0.174. The molecule has 2 atom stereocenters. The third-order valence-electron chi connectivity index (χ3n) is 4.21. The van der Waals surface area contributed by atoms with E-state index in [1.165, 1.54) is 51.9 Å². The minimum Gasteiger partial charge on any atom is -0.317 e. The van der Waals surface area contributed by atoms with Crippen LogP contribution in [0, 0.1) is 17.8 Å². The van der Waals surface area contributed by atoms with Crippen molar-refractivity contribution in [3.63, 3.8) is 0 Å². The van der Waals surface area contributed by atoms with Crippen molar-refractivity contribution in [1.29, 1.82) is 0 Å². The van der Waals surface area contributed by atoms with Crippen molar-refractivity contribution in [2.75, 3.05) is 26.2 Å². The van der Waals surface area contributed by atoms with Crippen molar-refractivity contribution in [2.24, 2.45) is 17.8 Å². The van der Waals surface area contributed by atoms with Crippen LogP contribution < -0.4 is 10.6 Å². The summed E-state index contributed by atoms with van der Waals surface area (Å²) in [5.74, 6) is 2.87. The molecule has 2 rings (SSSR count). The molecule has 2 unspecified atom stereocenters. The van der Waals surface area contributed by atoms with Crippen LogP contribution in [0.15, 0.2) is 0 Å². The Bertz CT molecular complexity index is 140. The van der Waals surface area contributed by atoms with Crippen LogP contribution in [-0.2, 0) is 0 Å². The van der Waals surface area contributed by atoms with Gasteiger partial charge in [0.1, 0.15) is 0 Å². The van der Waals surface area contributed by atoms with E-state index in [-0.39, 0.29) is 0 Å². The summed E-state index contributed by atoms with van der Waals surface area (Å²) in [4.78, 5) is 0. The molecule has 2 saturated heterocycles. The molecule has 0 aromatic carbocycles. The van der Waals surface area contributed by atoms with Crippen LogP contribution in [-0.4, -0.2) is 26.2 Å². The van der Waals surface area contributed by atoms with Gasteiger partial charge in [-0.25, -0.2) is 0 Å². The van der Waals surface area contributed by atoms with Gasteiger partial charge in [0.15, 0.2) is 0 Å². The van der Waals surface area contributed by atoms with E-state index in [9.17, 15) is 0 Å². The van der Waals surface area contributed by atoms with E-state index in [0.717, 1.165) is 17.8 Å². The molecule has 14 heavy (non-hydrogen) atoms. The van der Waals surface area contributed by atoms with E-state index < -0.39 is 0 Å². The van der Waals surface area contributed by atoms with Gasteiger partial charge < -0.3 is 10.6 Å². The van der Waals surface area contributed by atoms with Crippen molar-refractivity contribution in [1.82, 2.24) is 10.6 Å². The third kappa shape index (κ3) is 2.48. The second kappa shape index (κ2) is 5.13. The van der Waals surface area contributed by atoms with Crippen molar-refractivity contribution in [2.45, 2.75) is 32.6 Å². The van der Waals surface area contributed by atoms with Gasteiger partial charge in [0.2, 0.25) is 0 Å². The van der Waals surface area contributed by atoms with Gasteiger partial charge in [-0.3, -0.25) is 0 Å². The zero-order valence-corrected chi connectivity index (χ0v) is 9.39. The summed E-state index contributed by atoms with van der Waals surface area (Å²) in [6.07, 6.45) is 5.65. The summed E-state index contributed by atoms with van der Waals surface area (Å²) in [6.45, 7) is 7.48. The van der Waals surface area contributed by atoms with E-state index in [2.05, 4.69) is 17.6 Å². The van der Waals surface area contributed by atoms with Crippen molar-refractivity contribution >= 4 is 0 Å². The molecule has 82 valence electrons. The Hall–Kier alpha value is -0.0800. The fourth-order valence-corrected chi connectivity index (χ4v) is 3.08. The van der Waals surface area contributed by atoms with Gasteiger partial charge in [-0.1, -0.05) is 6.92 Å². The molecule has 2 nitrogen and oxygen atoms in total. The summed E-state index contributed by atoms with van der Waals surface area (Å²) in [6, 6.07) is 0. The minimum absolute atomic E-state index is 0.935. The molecule has 0 aromatic heterocycles. The van der Waals surface area contributed by atoms with Crippen LogP contribution in [0.5, 0.6) is 0 Å². The van der Waals surface area contributed by atoms with Crippen LogP contribution >= 0.6 is 0 Å². The maximum atomic E-state index is 3.54. The maximum Gasteiger partial charge on any atom is -0.00179 e. The fraction of sp³-hybridized carbons (Fsp3) is 1.00. The van der Waals surface area contributed by atoms with E-state index in [0.29, 0.717) is 0 Å². The van der Waals surface area contributed by atoms with Crippen molar-refractivity contribution in [3.8, 4) is 0 Å². The number of piperidine rings is 2. The highest BCUT2D eigenvalue weighted by Gasteiger charge is 2.27. The predicted octanol–water partition coefficient (Wildman–Crippen LogP) is 1.62. The van der Waals surface area contributed by atoms with Crippen LogP contribution in [0.25, 0.3) is 0 Å². The third-order valence-corrected chi connectivity index (χ3v) is 4.21. The molecule has 2 N–H and O–H groups in total. The van der Waals surface area contributed by atoms with Crippen LogP contribution in [0.4, 0.5) is 0 Å². The highest BCUT2D eigenvalue weighted by Crippen LogP contribution is 2.31. The molecule has 0 bridgehead atoms. The van der Waals surface area contributed by atoms with Gasteiger partial charge in [0.25, 0.3) is 0 Å². The molecule has 2 heterocycles. The Morgan fingerprint density at radius 1 is 0.929 bits per heavy atom. The SMILES string of the molecule is CC(C1CCNCC1)C1CCCNC1. The number of hydrogen-bond donors (Lipinski definition) is 2. The normalized spacial score (nSPS) is 32.8. The van der Waals surface area contributed by atoms with Crippen molar-refractivity contribution < 1.29 is 0 Å². The summed E-state index contributed by atoms with van der Waals surface area (Å²) >= 11 is 0. The number of hydrogen-bond acceptors (Lipinski definition) is 2. The Morgan fingerprint density at radius 2 is 1.71 bits per heavy atom. The quantitative estimate of drug-likeness (QED) is 0.701. The summed E-state index contributed by atoms with van der Waals surface area (Å²) in [5.41, 5.74) is 0. The predicted molar refractivity (Wildman–Crippen MR) is 60.4 cm³/mol. The largest absolute Gasteiger partial charge is 0.317 e. The summed E-state index contributed by atoms with van der Waals surface area (Å²) < 4.78 is 0. The van der Waals surface area contributed by atoms with Crippen LogP contribution in [0.1, 0.15) is 32.6 Å². The van der Waals surface area contributed by atoms with E-state index in [1.54, 1.807) is 0 Å². The molecular formula is C12H24N2. The van der Waals surface area contributed by atoms with Crippen LogP contribution in [0.3, 0.4) is 0 Å². The van der Waals surface area contributed by atoms with Gasteiger partial charge >= 0.3 is 0 Å². The minimum atomic E-state index is 0.935. The molecule has 2 aliphatic heterocycles. The topological polar surface area (TPSA) is 24.1 Å². The zero-order valence-electron chi connectivity index (χ0n) is 9.39. The number of rotatable bonds is 2. The lowest BCUT2D eigenvalue weighted by Crippen LogP contribution is -2.39. The summed E-state index contributed by atoms with van der Waals surface area (Å²) in [5, 5.41) is 7.00. The Morgan fingerprint density at radius 3 is 2.36 bits per heavy atom. The van der Waals surface area contributed by atoms with E-state index in [4.69, 9.17) is 0 Å². The number of nitrogens with one attached hydrogen (secondary N) is 2. The standard InChI is InChI=1S/C12H24N2/c1-10(11-4-7-13-8-5-11)12-3-2-6-14-9-12/h10-14H,2-9H2,1H3. The Labute approximate surface area is 87.8 Å². The average molecular weight is 196 g/mol. The molecule has 0 spiro atoms. The highest BCUT2D eigenvalue weighted by molar-refractivity contribution is 4.81. The second-order valence-electron chi connectivity index (χ2n) is 5.05.